The molecular weight excluding hydrogens is 302 g/mol. The van der Waals surface area contributed by atoms with Crippen LogP contribution in [-0.2, 0) is 4.79 Å². The van der Waals surface area contributed by atoms with Gasteiger partial charge in [0, 0.05) is 17.8 Å². The van der Waals surface area contributed by atoms with Crippen LogP contribution in [0.1, 0.15) is 70.6 Å². The summed E-state index contributed by atoms with van der Waals surface area (Å²) in [4.78, 5) is 12.1. The summed E-state index contributed by atoms with van der Waals surface area (Å²) in [6.45, 7) is 0. The molecule has 0 aromatic carbocycles. The standard InChI is InChI=1S/C16H28BrNO/c17-12-14-8-4-5-9-15(14)18-16(19)11-10-13-6-2-1-3-7-13/h13-15H,1-12H2,(H,18,19). The average Bonchev–Trinajstić information content (AvgIpc) is 2.47. The van der Waals surface area contributed by atoms with Gasteiger partial charge in [-0.1, -0.05) is 60.9 Å². The number of hydrogen-bond acceptors (Lipinski definition) is 1. The Morgan fingerprint density at radius 1 is 1.00 bits per heavy atom. The topological polar surface area (TPSA) is 29.1 Å². The molecular formula is C16H28BrNO. The van der Waals surface area contributed by atoms with Crippen LogP contribution in [-0.4, -0.2) is 17.3 Å². The number of carbonyl (C=O) groups excluding carboxylic acids is 1. The summed E-state index contributed by atoms with van der Waals surface area (Å²) in [6, 6.07) is 0.423. The molecule has 1 N–H and O–H groups in total. The molecule has 1 amide bonds. The second-order valence-electron chi connectivity index (χ2n) is 6.42. The summed E-state index contributed by atoms with van der Waals surface area (Å²) >= 11 is 3.59. The molecule has 2 aliphatic carbocycles. The lowest BCUT2D eigenvalue weighted by Gasteiger charge is -2.31. The van der Waals surface area contributed by atoms with Gasteiger partial charge in [0.2, 0.25) is 5.91 Å². The molecule has 19 heavy (non-hydrogen) atoms. The second-order valence-corrected chi connectivity index (χ2v) is 7.06. The van der Waals surface area contributed by atoms with Gasteiger partial charge in [-0.3, -0.25) is 4.79 Å². The van der Waals surface area contributed by atoms with Crippen molar-refractivity contribution in [2.45, 2.75) is 76.7 Å². The summed E-state index contributed by atoms with van der Waals surface area (Å²) in [6.07, 6.45) is 13.7. The first kappa shape index (κ1) is 15.3. The number of hydrogen-bond donors (Lipinski definition) is 1. The third-order valence-corrected chi connectivity index (χ3v) is 5.79. The fraction of sp³-hybridized carbons (Fsp3) is 0.938. The third kappa shape index (κ3) is 5.09. The van der Waals surface area contributed by atoms with Crippen molar-refractivity contribution in [2.75, 3.05) is 5.33 Å². The molecule has 0 aliphatic heterocycles. The molecule has 0 bridgehead atoms. The molecule has 0 spiro atoms. The van der Waals surface area contributed by atoms with E-state index in [2.05, 4.69) is 21.2 Å². The fourth-order valence-electron chi connectivity index (χ4n) is 3.67. The van der Waals surface area contributed by atoms with Crippen molar-refractivity contribution in [3.05, 3.63) is 0 Å². The Labute approximate surface area is 126 Å². The Kier molecular flexibility index (Phi) is 6.69. The van der Waals surface area contributed by atoms with Gasteiger partial charge >= 0.3 is 0 Å². The lowest BCUT2D eigenvalue weighted by atomic mass is 9.85. The summed E-state index contributed by atoms with van der Waals surface area (Å²) < 4.78 is 0. The quantitative estimate of drug-likeness (QED) is 0.743. The summed E-state index contributed by atoms with van der Waals surface area (Å²) in [5.74, 6) is 1.76. The first-order valence-corrected chi connectivity index (χ1v) is 9.27. The zero-order valence-electron chi connectivity index (χ0n) is 12.0. The maximum atomic E-state index is 12.1. The van der Waals surface area contributed by atoms with Crippen molar-refractivity contribution in [3.63, 3.8) is 0 Å². The molecule has 2 fully saturated rings. The van der Waals surface area contributed by atoms with Crippen molar-refractivity contribution < 1.29 is 4.79 Å². The van der Waals surface area contributed by atoms with Crippen molar-refractivity contribution in [2.24, 2.45) is 11.8 Å². The largest absolute Gasteiger partial charge is 0.353 e. The van der Waals surface area contributed by atoms with Crippen molar-refractivity contribution in [1.82, 2.24) is 5.32 Å². The monoisotopic (exact) mass is 329 g/mol. The number of rotatable bonds is 5. The predicted molar refractivity (Wildman–Crippen MR) is 83.5 cm³/mol. The van der Waals surface area contributed by atoms with Gasteiger partial charge in [-0.15, -0.1) is 0 Å². The van der Waals surface area contributed by atoms with E-state index in [1.54, 1.807) is 0 Å². The van der Waals surface area contributed by atoms with Crippen LogP contribution >= 0.6 is 15.9 Å². The first-order valence-electron chi connectivity index (χ1n) is 8.15. The van der Waals surface area contributed by atoms with Crippen LogP contribution < -0.4 is 5.32 Å². The maximum Gasteiger partial charge on any atom is 0.220 e. The van der Waals surface area contributed by atoms with Gasteiger partial charge in [0.05, 0.1) is 0 Å². The van der Waals surface area contributed by atoms with Crippen LogP contribution in [0.4, 0.5) is 0 Å². The highest BCUT2D eigenvalue weighted by Gasteiger charge is 2.25. The zero-order chi connectivity index (χ0) is 13.5. The minimum Gasteiger partial charge on any atom is -0.353 e. The minimum absolute atomic E-state index is 0.295. The van der Waals surface area contributed by atoms with E-state index in [0.717, 1.165) is 24.1 Å². The SMILES string of the molecule is O=C(CCC1CCCCC1)NC1CCCCC1CBr. The highest BCUT2D eigenvalue weighted by Crippen LogP contribution is 2.28. The molecule has 0 aromatic heterocycles. The van der Waals surface area contributed by atoms with Crippen LogP contribution in [0.3, 0.4) is 0 Å². The van der Waals surface area contributed by atoms with Gasteiger partial charge in [-0.2, -0.15) is 0 Å². The molecule has 0 radical (unpaired) electrons. The smallest absolute Gasteiger partial charge is 0.220 e. The van der Waals surface area contributed by atoms with E-state index in [1.807, 2.05) is 0 Å². The van der Waals surface area contributed by atoms with Crippen LogP contribution in [0.25, 0.3) is 0 Å². The van der Waals surface area contributed by atoms with Gasteiger partial charge in [-0.05, 0) is 31.1 Å². The molecule has 2 rings (SSSR count). The van der Waals surface area contributed by atoms with Crippen LogP contribution in [0.2, 0.25) is 0 Å². The second kappa shape index (κ2) is 8.28. The molecule has 2 unspecified atom stereocenters. The van der Waals surface area contributed by atoms with Crippen LogP contribution in [0, 0.1) is 11.8 Å². The van der Waals surface area contributed by atoms with E-state index < -0.39 is 0 Å². The number of nitrogens with one attached hydrogen (secondary N) is 1. The molecule has 2 atom stereocenters. The van der Waals surface area contributed by atoms with Crippen LogP contribution in [0.15, 0.2) is 0 Å². The number of amides is 1. The Morgan fingerprint density at radius 3 is 2.42 bits per heavy atom. The van der Waals surface area contributed by atoms with E-state index in [0.29, 0.717) is 17.9 Å². The predicted octanol–water partition coefficient (Wildman–Crippen LogP) is 4.42. The summed E-state index contributed by atoms with van der Waals surface area (Å²) in [5.41, 5.74) is 0. The van der Waals surface area contributed by atoms with Crippen LogP contribution in [0.5, 0.6) is 0 Å². The lowest BCUT2D eigenvalue weighted by Crippen LogP contribution is -2.42. The fourth-order valence-corrected chi connectivity index (χ4v) is 4.45. The Morgan fingerprint density at radius 2 is 1.68 bits per heavy atom. The van der Waals surface area contributed by atoms with Crippen molar-refractivity contribution in [1.29, 1.82) is 0 Å². The van der Waals surface area contributed by atoms with Crippen molar-refractivity contribution >= 4 is 21.8 Å². The number of alkyl halides is 1. The maximum absolute atomic E-state index is 12.1. The van der Waals surface area contributed by atoms with E-state index >= 15 is 0 Å². The molecule has 2 aliphatic rings. The highest BCUT2D eigenvalue weighted by atomic mass is 79.9. The van der Waals surface area contributed by atoms with Gasteiger partial charge < -0.3 is 5.32 Å². The number of halogens is 1. The zero-order valence-corrected chi connectivity index (χ0v) is 13.6. The minimum atomic E-state index is 0.295. The summed E-state index contributed by atoms with van der Waals surface area (Å²) in [5, 5.41) is 4.32. The molecule has 2 saturated carbocycles. The van der Waals surface area contributed by atoms with Gasteiger partial charge in [0.25, 0.3) is 0 Å². The van der Waals surface area contributed by atoms with Gasteiger partial charge in [0.15, 0.2) is 0 Å². The Bertz CT molecular complexity index is 276. The van der Waals surface area contributed by atoms with Gasteiger partial charge in [0.1, 0.15) is 0 Å². The highest BCUT2D eigenvalue weighted by molar-refractivity contribution is 9.09. The van der Waals surface area contributed by atoms with Crippen molar-refractivity contribution in [3.8, 4) is 0 Å². The Balaban J connectivity index is 1.67. The molecule has 110 valence electrons. The first-order chi connectivity index (χ1) is 9.29. The van der Waals surface area contributed by atoms with E-state index in [9.17, 15) is 4.79 Å². The summed E-state index contributed by atoms with van der Waals surface area (Å²) in [7, 11) is 0. The van der Waals surface area contributed by atoms with E-state index in [4.69, 9.17) is 0 Å². The average molecular weight is 330 g/mol. The van der Waals surface area contributed by atoms with Gasteiger partial charge in [-0.25, -0.2) is 0 Å². The molecule has 0 heterocycles. The molecule has 0 aromatic rings. The number of carbonyl (C=O) groups is 1. The molecule has 2 nitrogen and oxygen atoms in total. The molecule has 3 heteroatoms. The lowest BCUT2D eigenvalue weighted by molar-refractivity contribution is -0.122. The van der Waals surface area contributed by atoms with E-state index in [-0.39, 0.29) is 0 Å². The normalized spacial score (nSPS) is 29.1. The van der Waals surface area contributed by atoms with E-state index in [1.165, 1.54) is 57.8 Å². The Hall–Kier alpha value is -0.0500. The third-order valence-electron chi connectivity index (χ3n) is 4.96. The molecule has 0 saturated heterocycles.